The largest absolute Gasteiger partial charge is 0.484 e. The summed E-state index contributed by atoms with van der Waals surface area (Å²) in [7, 11) is 0. The van der Waals surface area contributed by atoms with Gasteiger partial charge in [-0.15, -0.1) is 0 Å². The maximum atomic E-state index is 12.5. The Bertz CT molecular complexity index is 690. The third kappa shape index (κ3) is 6.97. The number of carbonyl (C=O) groups excluding carboxylic acids is 2. The molecule has 0 spiro atoms. The Morgan fingerprint density at radius 1 is 1.00 bits per heavy atom. The zero-order valence-corrected chi connectivity index (χ0v) is 15.4. The van der Waals surface area contributed by atoms with Crippen molar-refractivity contribution in [1.82, 2.24) is 4.90 Å². The van der Waals surface area contributed by atoms with Crippen LogP contribution in [0.2, 0.25) is 0 Å². The predicted octanol–water partition coefficient (Wildman–Crippen LogP) is 2.77. The van der Waals surface area contributed by atoms with Gasteiger partial charge in [0, 0.05) is 24.0 Å². The molecule has 2 N–H and O–H groups in total. The molecule has 0 radical (unpaired) electrons. The Labute approximate surface area is 155 Å². The highest BCUT2D eigenvalue weighted by molar-refractivity contribution is 9.10. The summed E-state index contributed by atoms with van der Waals surface area (Å²) in [6.45, 7) is 0.736. The van der Waals surface area contributed by atoms with Crippen molar-refractivity contribution >= 4 is 27.7 Å². The molecule has 2 amide bonds. The normalized spacial score (nSPS) is 10.3. The number of nitrogens with two attached hydrogens (primary N) is 1. The van der Waals surface area contributed by atoms with Crippen molar-refractivity contribution in [3.63, 3.8) is 0 Å². The second-order valence-corrected chi connectivity index (χ2v) is 6.49. The summed E-state index contributed by atoms with van der Waals surface area (Å²) in [5.41, 5.74) is 6.35. The Balaban J connectivity index is 1.91. The van der Waals surface area contributed by atoms with Crippen molar-refractivity contribution in [3.05, 3.63) is 64.6 Å². The smallest absolute Gasteiger partial charge is 0.260 e. The number of hydrogen-bond acceptors (Lipinski definition) is 3. The van der Waals surface area contributed by atoms with E-state index < -0.39 is 5.91 Å². The van der Waals surface area contributed by atoms with Crippen LogP contribution in [0.3, 0.4) is 0 Å². The van der Waals surface area contributed by atoms with Crippen LogP contribution in [0.15, 0.2) is 59.1 Å². The molecule has 0 aliphatic carbocycles. The summed E-state index contributed by atoms with van der Waals surface area (Å²) in [5.74, 6) is 0.0286. The third-order valence-corrected chi connectivity index (χ3v) is 4.20. The number of rotatable bonds is 9. The van der Waals surface area contributed by atoms with Crippen LogP contribution in [0, 0.1) is 0 Å². The third-order valence-electron chi connectivity index (χ3n) is 3.67. The first-order valence-electron chi connectivity index (χ1n) is 8.03. The average Bonchev–Trinajstić information content (AvgIpc) is 2.61. The van der Waals surface area contributed by atoms with Crippen molar-refractivity contribution in [1.29, 1.82) is 0 Å². The lowest BCUT2D eigenvalue weighted by Crippen LogP contribution is -2.38. The highest BCUT2D eigenvalue weighted by atomic mass is 79.9. The number of primary amides is 1. The molecular weight excluding hydrogens is 384 g/mol. The summed E-state index contributed by atoms with van der Waals surface area (Å²) < 4.78 is 6.48. The highest BCUT2D eigenvalue weighted by Crippen LogP contribution is 2.16. The molecule has 132 valence electrons. The number of nitrogens with zero attached hydrogens (tertiary/aromatic N) is 1. The van der Waals surface area contributed by atoms with Crippen LogP contribution in [0.4, 0.5) is 0 Å². The zero-order valence-electron chi connectivity index (χ0n) is 13.9. The molecule has 2 aromatic carbocycles. The summed E-state index contributed by atoms with van der Waals surface area (Å²) in [4.78, 5) is 25.1. The monoisotopic (exact) mass is 404 g/mol. The van der Waals surface area contributed by atoms with Gasteiger partial charge < -0.3 is 15.4 Å². The van der Waals surface area contributed by atoms with Gasteiger partial charge in [0.2, 0.25) is 5.91 Å². The van der Waals surface area contributed by atoms with Gasteiger partial charge in [0.25, 0.3) is 5.91 Å². The Hall–Kier alpha value is -2.34. The maximum Gasteiger partial charge on any atom is 0.260 e. The van der Waals surface area contributed by atoms with E-state index in [2.05, 4.69) is 15.9 Å². The average molecular weight is 405 g/mol. The molecule has 0 saturated carbocycles. The summed E-state index contributed by atoms with van der Waals surface area (Å²) in [6, 6.07) is 17.2. The van der Waals surface area contributed by atoms with E-state index in [1.54, 1.807) is 17.0 Å². The van der Waals surface area contributed by atoms with E-state index >= 15 is 0 Å². The molecule has 0 bridgehead atoms. The van der Waals surface area contributed by atoms with Gasteiger partial charge in [0.1, 0.15) is 5.75 Å². The lowest BCUT2D eigenvalue weighted by atomic mass is 10.1. The first kappa shape index (κ1) is 19.0. The van der Waals surface area contributed by atoms with Crippen LogP contribution < -0.4 is 10.5 Å². The SMILES string of the molecule is NC(=O)CCN(CCc1ccccc1)C(=O)COc1ccc(Br)cc1. The van der Waals surface area contributed by atoms with Crippen molar-refractivity contribution < 1.29 is 14.3 Å². The minimum absolute atomic E-state index is 0.0742. The second-order valence-electron chi connectivity index (χ2n) is 5.58. The molecule has 6 heteroatoms. The van der Waals surface area contributed by atoms with Crippen LogP contribution in [0.1, 0.15) is 12.0 Å². The van der Waals surface area contributed by atoms with Gasteiger partial charge in [-0.2, -0.15) is 0 Å². The molecule has 2 aromatic rings. The fourth-order valence-electron chi connectivity index (χ4n) is 2.28. The van der Waals surface area contributed by atoms with Crippen molar-refractivity contribution in [2.24, 2.45) is 5.73 Å². The van der Waals surface area contributed by atoms with E-state index in [4.69, 9.17) is 10.5 Å². The fourth-order valence-corrected chi connectivity index (χ4v) is 2.55. The van der Waals surface area contributed by atoms with Crippen LogP contribution in [0.25, 0.3) is 0 Å². The first-order valence-corrected chi connectivity index (χ1v) is 8.82. The van der Waals surface area contributed by atoms with Crippen molar-refractivity contribution in [3.8, 4) is 5.75 Å². The second kappa shape index (κ2) is 9.84. The van der Waals surface area contributed by atoms with Gasteiger partial charge in [-0.25, -0.2) is 0 Å². The number of halogens is 1. The van der Waals surface area contributed by atoms with Crippen molar-refractivity contribution in [2.75, 3.05) is 19.7 Å². The quantitative estimate of drug-likeness (QED) is 0.698. The predicted molar refractivity (Wildman–Crippen MR) is 100 cm³/mol. The van der Waals surface area contributed by atoms with Crippen molar-refractivity contribution in [2.45, 2.75) is 12.8 Å². The van der Waals surface area contributed by atoms with E-state index in [0.29, 0.717) is 25.3 Å². The molecule has 0 heterocycles. The molecule has 2 rings (SSSR count). The van der Waals surface area contributed by atoms with E-state index in [0.717, 1.165) is 10.0 Å². The van der Waals surface area contributed by atoms with Gasteiger partial charge in [-0.1, -0.05) is 46.3 Å². The highest BCUT2D eigenvalue weighted by Gasteiger charge is 2.15. The minimum Gasteiger partial charge on any atom is -0.484 e. The molecule has 0 atom stereocenters. The Kier molecular flexibility index (Phi) is 7.47. The topological polar surface area (TPSA) is 72.6 Å². The first-order chi connectivity index (χ1) is 12.0. The number of amides is 2. The maximum absolute atomic E-state index is 12.5. The molecule has 0 aliphatic rings. The molecule has 0 aliphatic heterocycles. The lowest BCUT2D eigenvalue weighted by Gasteiger charge is -2.22. The number of carbonyl (C=O) groups is 2. The Morgan fingerprint density at radius 2 is 1.68 bits per heavy atom. The number of benzene rings is 2. The minimum atomic E-state index is -0.425. The van der Waals surface area contributed by atoms with Crippen LogP contribution in [-0.4, -0.2) is 36.4 Å². The summed E-state index contributed by atoms with van der Waals surface area (Å²) >= 11 is 3.35. The standard InChI is InChI=1S/C19H21BrN2O3/c20-16-6-8-17(9-7-16)25-14-19(24)22(13-11-18(21)23)12-10-15-4-2-1-3-5-15/h1-9H,10-14H2,(H2,21,23). The molecular formula is C19H21BrN2O3. The van der Waals surface area contributed by atoms with E-state index in [1.165, 1.54) is 0 Å². The van der Waals surface area contributed by atoms with Gasteiger partial charge >= 0.3 is 0 Å². The van der Waals surface area contributed by atoms with E-state index in [9.17, 15) is 9.59 Å². The molecule has 0 aromatic heterocycles. The molecule has 5 nitrogen and oxygen atoms in total. The van der Waals surface area contributed by atoms with Gasteiger partial charge in [-0.05, 0) is 36.2 Å². The Morgan fingerprint density at radius 3 is 2.32 bits per heavy atom. The molecule has 0 fully saturated rings. The van der Waals surface area contributed by atoms with E-state index in [-0.39, 0.29) is 18.9 Å². The number of ether oxygens (including phenoxy) is 1. The van der Waals surface area contributed by atoms with Crippen LogP contribution >= 0.6 is 15.9 Å². The van der Waals surface area contributed by atoms with Gasteiger partial charge in [0.15, 0.2) is 6.61 Å². The fraction of sp³-hybridized carbons (Fsp3) is 0.263. The lowest BCUT2D eigenvalue weighted by molar-refractivity contribution is -0.133. The summed E-state index contributed by atoms with van der Waals surface area (Å²) in [6.07, 6.45) is 0.850. The zero-order chi connectivity index (χ0) is 18.1. The molecule has 0 saturated heterocycles. The molecule has 0 unspecified atom stereocenters. The van der Waals surface area contributed by atoms with Crippen LogP contribution in [0.5, 0.6) is 5.75 Å². The van der Waals surface area contributed by atoms with E-state index in [1.807, 2.05) is 42.5 Å². The number of hydrogen-bond donors (Lipinski definition) is 1. The van der Waals surface area contributed by atoms with Gasteiger partial charge in [-0.3, -0.25) is 9.59 Å². The molecule has 25 heavy (non-hydrogen) atoms. The van der Waals surface area contributed by atoms with Gasteiger partial charge in [0.05, 0.1) is 0 Å². The summed E-state index contributed by atoms with van der Waals surface area (Å²) in [5, 5.41) is 0. The van der Waals surface area contributed by atoms with Crippen LogP contribution in [-0.2, 0) is 16.0 Å².